The summed E-state index contributed by atoms with van der Waals surface area (Å²) < 4.78 is 29.5. The molecule has 0 aliphatic carbocycles. The summed E-state index contributed by atoms with van der Waals surface area (Å²) in [5, 5.41) is 9.22. The molecule has 2 rings (SSSR count). The van der Waals surface area contributed by atoms with Gasteiger partial charge >= 0.3 is 12.1 Å². The Morgan fingerprint density at radius 3 is 2.26 bits per heavy atom. The van der Waals surface area contributed by atoms with Gasteiger partial charge in [-0.05, 0) is 48.7 Å². The lowest BCUT2D eigenvalue weighted by Crippen LogP contribution is -2.35. The average molecular weight is 476 g/mol. The van der Waals surface area contributed by atoms with Crippen LogP contribution in [-0.4, -0.2) is 54.5 Å². The number of benzene rings is 2. The maximum Gasteiger partial charge on any atom is 0.410 e. The molecule has 1 amide bonds. The third-order valence-corrected chi connectivity index (χ3v) is 5.18. The van der Waals surface area contributed by atoms with Crippen molar-refractivity contribution >= 4 is 12.1 Å². The van der Waals surface area contributed by atoms with Gasteiger partial charge in [0, 0.05) is 19.6 Å². The van der Waals surface area contributed by atoms with Crippen molar-refractivity contribution in [2.45, 2.75) is 52.2 Å². The highest BCUT2D eigenvalue weighted by atomic mass is 19.1. The predicted molar refractivity (Wildman–Crippen MR) is 126 cm³/mol. The zero-order valence-corrected chi connectivity index (χ0v) is 19.9. The lowest BCUT2D eigenvalue weighted by molar-refractivity contribution is -0.149. The quantitative estimate of drug-likeness (QED) is 0.362. The van der Waals surface area contributed by atoms with Gasteiger partial charge in [-0.25, -0.2) is 14.0 Å². The van der Waals surface area contributed by atoms with E-state index in [0.29, 0.717) is 31.0 Å². The van der Waals surface area contributed by atoms with Crippen LogP contribution in [0.1, 0.15) is 44.2 Å². The number of aliphatic carboxylic acids is 1. The van der Waals surface area contributed by atoms with Crippen LogP contribution in [0.25, 0.3) is 0 Å². The first kappa shape index (κ1) is 27.1. The molecule has 1 N–H and O–H groups in total. The molecule has 2 aromatic rings. The van der Waals surface area contributed by atoms with E-state index in [1.807, 2.05) is 0 Å². The molecule has 0 aliphatic rings. The first-order valence-electron chi connectivity index (χ1n) is 11.6. The maximum absolute atomic E-state index is 13.0. The number of amides is 1. The molecular weight excluding hydrogens is 441 g/mol. The van der Waals surface area contributed by atoms with Gasteiger partial charge in [0.1, 0.15) is 24.8 Å². The molecular formula is C26H34FNO6. The highest BCUT2D eigenvalue weighted by Gasteiger charge is 2.18. The topological polar surface area (TPSA) is 85.3 Å². The molecule has 0 saturated heterocycles. The zero-order valence-electron chi connectivity index (χ0n) is 19.9. The van der Waals surface area contributed by atoms with Crippen LogP contribution in [-0.2, 0) is 27.3 Å². The third kappa shape index (κ3) is 9.79. The number of hydrogen-bond acceptors (Lipinski definition) is 5. The van der Waals surface area contributed by atoms with E-state index in [4.69, 9.17) is 14.2 Å². The van der Waals surface area contributed by atoms with E-state index in [0.717, 1.165) is 24.8 Å². The van der Waals surface area contributed by atoms with Gasteiger partial charge in [-0.1, -0.05) is 44.0 Å². The molecule has 8 heteroatoms. The van der Waals surface area contributed by atoms with Crippen molar-refractivity contribution in [2.24, 2.45) is 0 Å². The van der Waals surface area contributed by atoms with Gasteiger partial charge in [-0.3, -0.25) is 0 Å². The highest BCUT2D eigenvalue weighted by Crippen LogP contribution is 2.15. The van der Waals surface area contributed by atoms with Gasteiger partial charge in [0.2, 0.25) is 0 Å². The Balaban J connectivity index is 1.85. The molecule has 186 valence electrons. The number of ether oxygens (including phenoxy) is 3. The second kappa shape index (κ2) is 14.9. The van der Waals surface area contributed by atoms with Gasteiger partial charge in [0.15, 0.2) is 6.10 Å². The Kier molecular flexibility index (Phi) is 11.9. The van der Waals surface area contributed by atoms with Crippen molar-refractivity contribution in [1.82, 2.24) is 4.90 Å². The van der Waals surface area contributed by atoms with Crippen LogP contribution in [0.2, 0.25) is 0 Å². The van der Waals surface area contributed by atoms with Crippen molar-refractivity contribution in [1.29, 1.82) is 0 Å². The van der Waals surface area contributed by atoms with E-state index in [9.17, 15) is 19.1 Å². The molecule has 0 radical (unpaired) electrons. The van der Waals surface area contributed by atoms with Crippen LogP contribution in [0.4, 0.5) is 9.18 Å². The lowest BCUT2D eigenvalue weighted by atomic mass is 10.1. The van der Waals surface area contributed by atoms with Crippen LogP contribution in [0.15, 0.2) is 48.5 Å². The summed E-state index contributed by atoms with van der Waals surface area (Å²) in [6.07, 6.45) is 1.86. The summed E-state index contributed by atoms with van der Waals surface area (Å²) >= 11 is 0. The standard InChI is InChI=1S/C26H34FNO6/c1-3-5-6-15-28(26(31)34-19-21-7-11-22(27)12-8-21)16-17-33-23-13-9-20(10-14-23)18-24(25(29)30)32-4-2/h7-14,24H,3-6,15-19H2,1-2H3,(H,29,30). The second-order valence-corrected chi connectivity index (χ2v) is 7.85. The molecule has 0 spiro atoms. The van der Waals surface area contributed by atoms with Gasteiger partial charge in [0.05, 0.1) is 6.54 Å². The van der Waals surface area contributed by atoms with Crippen LogP contribution >= 0.6 is 0 Å². The normalized spacial score (nSPS) is 11.6. The largest absolute Gasteiger partial charge is 0.492 e. The van der Waals surface area contributed by atoms with Crippen LogP contribution in [0, 0.1) is 5.82 Å². The Morgan fingerprint density at radius 1 is 0.971 bits per heavy atom. The fourth-order valence-electron chi connectivity index (χ4n) is 3.29. The summed E-state index contributed by atoms with van der Waals surface area (Å²) in [6, 6.07) is 13.0. The number of rotatable bonds is 15. The molecule has 1 atom stereocenters. The Labute approximate surface area is 200 Å². The van der Waals surface area contributed by atoms with E-state index in [1.165, 1.54) is 12.1 Å². The van der Waals surface area contributed by atoms with Crippen molar-refractivity contribution < 1.29 is 33.3 Å². The predicted octanol–water partition coefficient (Wildman–Crippen LogP) is 5.07. The minimum absolute atomic E-state index is 0.0742. The molecule has 0 saturated carbocycles. The molecule has 0 bridgehead atoms. The molecule has 7 nitrogen and oxygen atoms in total. The first-order chi connectivity index (χ1) is 16.4. The molecule has 34 heavy (non-hydrogen) atoms. The van der Waals surface area contributed by atoms with E-state index in [1.54, 1.807) is 48.2 Å². The van der Waals surface area contributed by atoms with Crippen LogP contribution in [0.3, 0.4) is 0 Å². The van der Waals surface area contributed by atoms with E-state index in [2.05, 4.69) is 6.92 Å². The van der Waals surface area contributed by atoms with Gasteiger partial charge in [-0.15, -0.1) is 0 Å². The second-order valence-electron chi connectivity index (χ2n) is 7.85. The summed E-state index contributed by atoms with van der Waals surface area (Å²) in [4.78, 5) is 25.5. The van der Waals surface area contributed by atoms with Gasteiger partial charge < -0.3 is 24.2 Å². The molecule has 2 aromatic carbocycles. The minimum atomic E-state index is -0.989. The molecule has 0 aliphatic heterocycles. The van der Waals surface area contributed by atoms with Gasteiger partial charge in [-0.2, -0.15) is 0 Å². The minimum Gasteiger partial charge on any atom is -0.492 e. The van der Waals surface area contributed by atoms with E-state index >= 15 is 0 Å². The smallest absolute Gasteiger partial charge is 0.410 e. The molecule has 0 fully saturated rings. The van der Waals surface area contributed by atoms with Crippen molar-refractivity contribution in [3.8, 4) is 5.75 Å². The lowest BCUT2D eigenvalue weighted by Gasteiger charge is -2.22. The number of carbonyl (C=O) groups is 2. The number of carbonyl (C=O) groups excluding carboxylic acids is 1. The highest BCUT2D eigenvalue weighted by molar-refractivity contribution is 5.72. The number of carboxylic acid groups (broad SMARTS) is 1. The number of carboxylic acids is 1. The van der Waals surface area contributed by atoms with Crippen molar-refractivity contribution in [3.63, 3.8) is 0 Å². The van der Waals surface area contributed by atoms with Crippen LogP contribution in [0.5, 0.6) is 5.75 Å². The maximum atomic E-state index is 13.0. The number of halogens is 1. The number of hydrogen-bond donors (Lipinski definition) is 1. The van der Waals surface area contributed by atoms with E-state index < -0.39 is 18.2 Å². The zero-order chi connectivity index (χ0) is 24.8. The summed E-state index contributed by atoms with van der Waals surface area (Å²) in [6.45, 7) is 5.47. The Morgan fingerprint density at radius 2 is 1.65 bits per heavy atom. The summed E-state index contributed by atoms with van der Waals surface area (Å²) in [5.74, 6) is -0.700. The van der Waals surface area contributed by atoms with Gasteiger partial charge in [0.25, 0.3) is 0 Å². The summed E-state index contributed by atoms with van der Waals surface area (Å²) in [5.41, 5.74) is 1.55. The first-order valence-corrected chi connectivity index (χ1v) is 11.6. The Hall–Kier alpha value is -3.13. The fourth-order valence-corrected chi connectivity index (χ4v) is 3.29. The van der Waals surface area contributed by atoms with Crippen molar-refractivity contribution in [3.05, 3.63) is 65.5 Å². The molecule has 1 unspecified atom stereocenters. The molecule has 0 aromatic heterocycles. The molecule has 0 heterocycles. The monoisotopic (exact) mass is 475 g/mol. The summed E-state index contributed by atoms with van der Waals surface area (Å²) in [7, 11) is 0. The average Bonchev–Trinajstić information content (AvgIpc) is 2.83. The third-order valence-electron chi connectivity index (χ3n) is 5.18. The van der Waals surface area contributed by atoms with E-state index in [-0.39, 0.29) is 25.5 Å². The SMILES string of the molecule is CCCCCN(CCOc1ccc(CC(OCC)C(=O)O)cc1)C(=O)OCc1ccc(F)cc1. The Bertz CT molecular complexity index is 872. The fraction of sp³-hybridized carbons (Fsp3) is 0.462. The van der Waals surface area contributed by atoms with Crippen molar-refractivity contribution in [2.75, 3.05) is 26.3 Å². The van der Waals surface area contributed by atoms with Crippen LogP contribution < -0.4 is 4.74 Å². The number of unbranched alkanes of at least 4 members (excludes halogenated alkanes) is 2. The number of nitrogens with zero attached hydrogens (tertiary/aromatic N) is 1.